The maximum absolute atomic E-state index is 5.92. The Morgan fingerprint density at radius 1 is 1.62 bits per heavy atom. The molecule has 4 heteroatoms. The molecule has 0 aliphatic carbocycles. The van der Waals surface area contributed by atoms with Gasteiger partial charge in [0.1, 0.15) is 0 Å². The predicted molar refractivity (Wildman–Crippen MR) is 52.2 cm³/mol. The Morgan fingerprint density at radius 3 is 2.92 bits per heavy atom. The summed E-state index contributed by atoms with van der Waals surface area (Å²) < 4.78 is 1.71. The Morgan fingerprint density at radius 2 is 2.38 bits per heavy atom. The number of rotatable bonds is 5. The SMILES string of the molecule is CCCCC(N)Cc1cn(C)nn1. The van der Waals surface area contributed by atoms with E-state index in [1.165, 1.54) is 12.8 Å². The molecule has 1 heterocycles. The Labute approximate surface area is 79.1 Å². The zero-order valence-electron chi connectivity index (χ0n) is 8.40. The fourth-order valence-electron chi connectivity index (χ4n) is 1.33. The van der Waals surface area contributed by atoms with Crippen LogP contribution in [-0.4, -0.2) is 21.0 Å². The maximum Gasteiger partial charge on any atom is 0.0842 e. The van der Waals surface area contributed by atoms with Gasteiger partial charge in [0.2, 0.25) is 0 Å². The molecule has 0 saturated heterocycles. The van der Waals surface area contributed by atoms with Crippen molar-refractivity contribution in [3.05, 3.63) is 11.9 Å². The van der Waals surface area contributed by atoms with Crippen LogP contribution in [0.4, 0.5) is 0 Å². The standard InChI is InChI=1S/C9H18N4/c1-3-4-5-8(10)6-9-7-13(2)12-11-9/h7-8H,3-6,10H2,1-2H3. The third kappa shape index (κ3) is 3.55. The minimum atomic E-state index is 0.233. The van der Waals surface area contributed by atoms with Gasteiger partial charge in [-0.1, -0.05) is 25.0 Å². The first kappa shape index (κ1) is 10.2. The van der Waals surface area contributed by atoms with Crippen LogP contribution in [0.25, 0.3) is 0 Å². The molecule has 0 aliphatic heterocycles. The van der Waals surface area contributed by atoms with Crippen molar-refractivity contribution in [1.82, 2.24) is 15.0 Å². The van der Waals surface area contributed by atoms with Crippen LogP contribution < -0.4 is 5.73 Å². The van der Waals surface area contributed by atoms with Crippen molar-refractivity contribution < 1.29 is 0 Å². The van der Waals surface area contributed by atoms with Crippen LogP contribution in [0, 0.1) is 0 Å². The molecular formula is C9H18N4. The van der Waals surface area contributed by atoms with E-state index < -0.39 is 0 Å². The van der Waals surface area contributed by atoms with Crippen LogP contribution in [0.5, 0.6) is 0 Å². The molecule has 0 fully saturated rings. The van der Waals surface area contributed by atoms with Crippen LogP contribution in [0.2, 0.25) is 0 Å². The maximum atomic E-state index is 5.92. The summed E-state index contributed by atoms with van der Waals surface area (Å²) in [7, 11) is 1.87. The van der Waals surface area contributed by atoms with E-state index in [1.54, 1.807) is 4.68 Å². The Kier molecular flexibility index (Phi) is 3.89. The summed E-state index contributed by atoms with van der Waals surface area (Å²) >= 11 is 0. The summed E-state index contributed by atoms with van der Waals surface area (Å²) in [4.78, 5) is 0. The first-order chi connectivity index (χ1) is 6.22. The molecule has 0 bridgehead atoms. The Hall–Kier alpha value is -0.900. The molecule has 1 unspecified atom stereocenters. The van der Waals surface area contributed by atoms with E-state index in [0.29, 0.717) is 0 Å². The smallest absolute Gasteiger partial charge is 0.0842 e. The zero-order valence-corrected chi connectivity index (χ0v) is 8.40. The van der Waals surface area contributed by atoms with E-state index in [2.05, 4.69) is 17.2 Å². The number of nitrogens with zero attached hydrogens (tertiary/aromatic N) is 3. The molecule has 0 amide bonds. The summed E-state index contributed by atoms with van der Waals surface area (Å²) in [5, 5.41) is 7.86. The first-order valence-electron chi connectivity index (χ1n) is 4.83. The van der Waals surface area contributed by atoms with E-state index in [4.69, 9.17) is 5.73 Å². The highest BCUT2D eigenvalue weighted by Crippen LogP contribution is 2.03. The number of aromatic nitrogens is 3. The van der Waals surface area contributed by atoms with Crippen molar-refractivity contribution in [3.63, 3.8) is 0 Å². The van der Waals surface area contributed by atoms with Crippen molar-refractivity contribution in [2.75, 3.05) is 0 Å². The zero-order chi connectivity index (χ0) is 9.68. The Bertz CT molecular complexity index is 244. The second kappa shape index (κ2) is 4.97. The van der Waals surface area contributed by atoms with Gasteiger partial charge in [0.25, 0.3) is 0 Å². The summed E-state index contributed by atoms with van der Waals surface area (Å²) in [6.45, 7) is 2.18. The summed E-state index contributed by atoms with van der Waals surface area (Å²) in [6.07, 6.45) is 6.24. The number of hydrogen-bond donors (Lipinski definition) is 1. The average Bonchev–Trinajstić information content (AvgIpc) is 2.48. The van der Waals surface area contributed by atoms with Crippen LogP contribution >= 0.6 is 0 Å². The first-order valence-corrected chi connectivity index (χ1v) is 4.83. The topological polar surface area (TPSA) is 56.7 Å². The quantitative estimate of drug-likeness (QED) is 0.735. The second-order valence-corrected chi connectivity index (χ2v) is 3.49. The van der Waals surface area contributed by atoms with Gasteiger partial charge in [-0.2, -0.15) is 0 Å². The third-order valence-corrected chi connectivity index (χ3v) is 2.05. The molecule has 0 aromatic carbocycles. The Balaban J connectivity index is 2.31. The number of unbranched alkanes of at least 4 members (excludes halogenated alkanes) is 1. The predicted octanol–water partition coefficient (Wildman–Crippen LogP) is 0.875. The second-order valence-electron chi connectivity index (χ2n) is 3.49. The lowest BCUT2D eigenvalue weighted by molar-refractivity contribution is 0.568. The average molecular weight is 182 g/mol. The van der Waals surface area contributed by atoms with E-state index in [-0.39, 0.29) is 6.04 Å². The van der Waals surface area contributed by atoms with Gasteiger partial charge >= 0.3 is 0 Å². The van der Waals surface area contributed by atoms with Gasteiger partial charge in [-0.3, -0.25) is 4.68 Å². The highest BCUT2D eigenvalue weighted by atomic mass is 15.4. The van der Waals surface area contributed by atoms with E-state index >= 15 is 0 Å². The van der Waals surface area contributed by atoms with Gasteiger partial charge in [-0.05, 0) is 6.42 Å². The van der Waals surface area contributed by atoms with Crippen molar-refractivity contribution in [2.24, 2.45) is 12.8 Å². The minimum absolute atomic E-state index is 0.233. The molecule has 13 heavy (non-hydrogen) atoms. The summed E-state index contributed by atoms with van der Waals surface area (Å²) in [5.41, 5.74) is 6.92. The minimum Gasteiger partial charge on any atom is -0.327 e. The molecular weight excluding hydrogens is 164 g/mol. The van der Waals surface area contributed by atoms with Crippen LogP contribution in [0.3, 0.4) is 0 Å². The lowest BCUT2D eigenvalue weighted by Gasteiger charge is -2.07. The molecule has 0 spiro atoms. The van der Waals surface area contributed by atoms with Crippen LogP contribution in [-0.2, 0) is 13.5 Å². The normalized spacial score (nSPS) is 13.2. The monoisotopic (exact) mass is 182 g/mol. The van der Waals surface area contributed by atoms with Crippen molar-refractivity contribution in [2.45, 2.75) is 38.6 Å². The van der Waals surface area contributed by atoms with Crippen LogP contribution in [0.1, 0.15) is 31.9 Å². The third-order valence-electron chi connectivity index (χ3n) is 2.05. The molecule has 4 nitrogen and oxygen atoms in total. The molecule has 0 saturated carbocycles. The largest absolute Gasteiger partial charge is 0.327 e. The summed E-state index contributed by atoms with van der Waals surface area (Å²) in [6, 6.07) is 0.233. The molecule has 2 N–H and O–H groups in total. The fraction of sp³-hybridized carbons (Fsp3) is 0.778. The van der Waals surface area contributed by atoms with Gasteiger partial charge in [-0.25, -0.2) is 0 Å². The number of hydrogen-bond acceptors (Lipinski definition) is 3. The number of nitrogens with two attached hydrogens (primary N) is 1. The van der Waals surface area contributed by atoms with Gasteiger partial charge in [-0.15, -0.1) is 5.10 Å². The molecule has 1 aromatic heterocycles. The van der Waals surface area contributed by atoms with Gasteiger partial charge in [0.15, 0.2) is 0 Å². The van der Waals surface area contributed by atoms with Crippen molar-refractivity contribution in [3.8, 4) is 0 Å². The molecule has 1 atom stereocenters. The lowest BCUT2D eigenvalue weighted by atomic mass is 10.1. The lowest BCUT2D eigenvalue weighted by Crippen LogP contribution is -2.22. The van der Waals surface area contributed by atoms with Gasteiger partial charge in [0.05, 0.1) is 5.69 Å². The van der Waals surface area contributed by atoms with Gasteiger partial charge in [0, 0.05) is 25.7 Å². The molecule has 1 aromatic rings. The van der Waals surface area contributed by atoms with Crippen molar-refractivity contribution in [1.29, 1.82) is 0 Å². The van der Waals surface area contributed by atoms with E-state index in [1.807, 2.05) is 13.2 Å². The van der Waals surface area contributed by atoms with E-state index in [0.717, 1.165) is 18.5 Å². The fourth-order valence-corrected chi connectivity index (χ4v) is 1.33. The van der Waals surface area contributed by atoms with Crippen molar-refractivity contribution >= 4 is 0 Å². The number of aryl methyl sites for hydroxylation is 1. The molecule has 0 aliphatic rings. The molecule has 1 rings (SSSR count). The van der Waals surface area contributed by atoms with Crippen LogP contribution in [0.15, 0.2) is 6.20 Å². The highest BCUT2D eigenvalue weighted by molar-refractivity contribution is 4.94. The summed E-state index contributed by atoms with van der Waals surface area (Å²) in [5.74, 6) is 0. The molecule has 74 valence electrons. The van der Waals surface area contributed by atoms with Gasteiger partial charge < -0.3 is 5.73 Å². The molecule has 0 radical (unpaired) electrons. The van der Waals surface area contributed by atoms with E-state index in [9.17, 15) is 0 Å². The highest BCUT2D eigenvalue weighted by Gasteiger charge is 2.05.